The summed E-state index contributed by atoms with van der Waals surface area (Å²) in [5.74, 6) is 2.15. The van der Waals surface area contributed by atoms with Gasteiger partial charge < -0.3 is 0 Å². The number of rotatable bonds is 4. The SMILES string of the molecule is CC(CCC1(C)CCC1)C1CC1. The molecule has 0 aromatic rings. The van der Waals surface area contributed by atoms with Crippen LogP contribution in [0.3, 0.4) is 0 Å². The monoisotopic (exact) mass is 166 g/mol. The van der Waals surface area contributed by atoms with Gasteiger partial charge in [0.05, 0.1) is 0 Å². The van der Waals surface area contributed by atoms with Crippen molar-refractivity contribution in [1.82, 2.24) is 0 Å². The minimum atomic E-state index is 0.767. The highest BCUT2D eigenvalue weighted by Crippen LogP contribution is 2.47. The minimum Gasteiger partial charge on any atom is -0.0622 e. The molecule has 0 heterocycles. The Morgan fingerprint density at radius 2 is 2.00 bits per heavy atom. The Bertz CT molecular complexity index is 151. The van der Waals surface area contributed by atoms with Crippen LogP contribution in [0.15, 0.2) is 0 Å². The minimum absolute atomic E-state index is 0.767. The van der Waals surface area contributed by atoms with E-state index in [-0.39, 0.29) is 0 Å². The highest BCUT2D eigenvalue weighted by Gasteiger charge is 2.34. The second-order valence-electron chi connectivity index (χ2n) is 5.52. The summed E-state index contributed by atoms with van der Waals surface area (Å²) in [6, 6.07) is 0. The molecule has 0 heteroatoms. The van der Waals surface area contributed by atoms with Gasteiger partial charge in [0.1, 0.15) is 0 Å². The van der Waals surface area contributed by atoms with Gasteiger partial charge in [0.25, 0.3) is 0 Å². The second kappa shape index (κ2) is 3.05. The van der Waals surface area contributed by atoms with Gasteiger partial charge in [0.2, 0.25) is 0 Å². The van der Waals surface area contributed by atoms with Gasteiger partial charge in [-0.1, -0.05) is 20.3 Å². The summed E-state index contributed by atoms with van der Waals surface area (Å²) in [7, 11) is 0. The summed E-state index contributed by atoms with van der Waals surface area (Å²) in [5, 5.41) is 0. The summed E-state index contributed by atoms with van der Waals surface area (Å²) in [5.41, 5.74) is 0.767. The van der Waals surface area contributed by atoms with Crippen molar-refractivity contribution in [3.05, 3.63) is 0 Å². The van der Waals surface area contributed by atoms with Gasteiger partial charge in [-0.3, -0.25) is 0 Å². The van der Waals surface area contributed by atoms with Crippen LogP contribution in [0.25, 0.3) is 0 Å². The largest absolute Gasteiger partial charge is 0.0622 e. The molecule has 70 valence electrons. The molecule has 2 saturated carbocycles. The normalized spacial score (nSPS) is 29.5. The zero-order valence-corrected chi connectivity index (χ0v) is 8.60. The zero-order valence-electron chi connectivity index (χ0n) is 8.60. The topological polar surface area (TPSA) is 0 Å². The molecule has 0 aliphatic heterocycles. The lowest BCUT2D eigenvalue weighted by Crippen LogP contribution is -2.26. The quantitative estimate of drug-likeness (QED) is 0.592. The van der Waals surface area contributed by atoms with E-state index >= 15 is 0 Å². The predicted octanol–water partition coefficient (Wildman–Crippen LogP) is 4.00. The first-order valence-electron chi connectivity index (χ1n) is 5.70. The fourth-order valence-corrected chi connectivity index (χ4v) is 2.51. The van der Waals surface area contributed by atoms with Crippen molar-refractivity contribution in [2.45, 2.75) is 58.8 Å². The van der Waals surface area contributed by atoms with Crippen molar-refractivity contribution in [2.75, 3.05) is 0 Å². The summed E-state index contributed by atoms with van der Waals surface area (Å²) in [6.07, 6.45) is 10.6. The molecule has 0 radical (unpaired) electrons. The van der Waals surface area contributed by atoms with Crippen molar-refractivity contribution < 1.29 is 0 Å². The molecule has 0 nitrogen and oxygen atoms in total. The molecule has 0 bridgehead atoms. The standard InChI is InChI=1S/C12H22/c1-10(11-4-5-11)6-9-12(2)7-3-8-12/h10-11H,3-9H2,1-2H3. The Hall–Kier alpha value is 0. The molecule has 2 fully saturated rings. The highest BCUT2D eigenvalue weighted by molar-refractivity contribution is 4.86. The molecular weight excluding hydrogens is 144 g/mol. The van der Waals surface area contributed by atoms with Crippen molar-refractivity contribution in [2.24, 2.45) is 17.3 Å². The molecular formula is C12H22. The van der Waals surface area contributed by atoms with Gasteiger partial charge in [0, 0.05) is 0 Å². The average Bonchev–Trinajstić information content (AvgIpc) is 2.78. The van der Waals surface area contributed by atoms with E-state index in [9.17, 15) is 0 Å². The number of hydrogen-bond acceptors (Lipinski definition) is 0. The van der Waals surface area contributed by atoms with E-state index in [4.69, 9.17) is 0 Å². The third-order valence-electron chi connectivity index (χ3n) is 4.19. The smallest absolute Gasteiger partial charge is 0.0326 e. The molecule has 12 heavy (non-hydrogen) atoms. The predicted molar refractivity (Wildman–Crippen MR) is 53.1 cm³/mol. The fraction of sp³-hybridized carbons (Fsp3) is 1.00. The van der Waals surface area contributed by atoms with Crippen LogP contribution in [-0.4, -0.2) is 0 Å². The fourth-order valence-electron chi connectivity index (χ4n) is 2.51. The molecule has 0 amide bonds. The van der Waals surface area contributed by atoms with Crippen LogP contribution in [0.1, 0.15) is 58.8 Å². The Morgan fingerprint density at radius 3 is 2.42 bits per heavy atom. The molecule has 0 aromatic heterocycles. The van der Waals surface area contributed by atoms with E-state index in [0.717, 1.165) is 17.3 Å². The first-order chi connectivity index (χ1) is 5.70. The number of hydrogen-bond donors (Lipinski definition) is 0. The summed E-state index contributed by atoms with van der Waals surface area (Å²) >= 11 is 0. The van der Waals surface area contributed by atoms with Crippen molar-refractivity contribution >= 4 is 0 Å². The van der Waals surface area contributed by atoms with Gasteiger partial charge >= 0.3 is 0 Å². The first-order valence-corrected chi connectivity index (χ1v) is 5.70. The maximum absolute atomic E-state index is 2.48. The second-order valence-corrected chi connectivity index (χ2v) is 5.52. The van der Waals surface area contributed by atoms with Gasteiger partial charge in [-0.2, -0.15) is 0 Å². The third-order valence-corrected chi connectivity index (χ3v) is 4.19. The highest BCUT2D eigenvalue weighted by atomic mass is 14.4. The van der Waals surface area contributed by atoms with Gasteiger partial charge in [-0.25, -0.2) is 0 Å². The summed E-state index contributed by atoms with van der Waals surface area (Å²) in [6.45, 7) is 4.94. The summed E-state index contributed by atoms with van der Waals surface area (Å²) < 4.78 is 0. The van der Waals surface area contributed by atoms with Crippen molar-refractivity contribution in [1.29, 1.82) is 0 Å². The van der Waals surface area contributed by atoms with E-state index < -0.39 is 0 Å². The van der Waals surface area contributed by atoms with E-state index in [1.54, 1.807) is 0 Å². The van der Waals surface area contributed by atoms with Crippen LogP contribution in [0, 0.1) is 17.3 Å². The Kier molecular flexibility index (Phi) is 2.18. The zero-order chi connectivity index (χ0) is 8.60. The third kappa shape index (κ3) is 1.84. The van der Waals surface area contributed by atoms with E-state index in [0.29, 0.717) is 0 Å². The molecule has 0 aromatic carbocycles. The molecule has 0 saturated heterocycles. The first kappa shape index (κ1) is 8.59. The van der Waals surface area contributed by atoms with Crippen molar-refractivity contribution in [3.8, 4) is 0 Å². The van der Waals surface area contributed by atoms with Crippen LogP contribution >= 0.6 is 0 Å². The lowest BCUT2D eigenvalue weighted by molar-refractivity contribution is 0.132. The maximum Gasteiger partial charge on any atom is -0.0326 e. The summed E-state index contributed by atoms with van der Waals surface area (Å²) in [4.78, 5) is 0. The van der Waals surface area contributed by atoms with Gasteiger partial charge in [-0.15, -0.1) is 0 Å². The van der Waals surface area contributed by atoms with E-state index in [1.807, 2.05) is 0 Å². The molecule has 0 N–H and O–H groups in total. The van der Waals surface area contributed by atoms with Gasteiger partial charge in [-0.05, 0) is 55.8 Å². The van der Waals surface area contributed by atoms with Crippen LogP contribution in [-0.2, 0) is 0 Å². The van der Waals surface area contributed by atoms with Crippen LogP contribution in [0.5, 0.6) is 0 Å². The molecule has 2 rings (SSSR count). The van der Waals surface area contributed by atoms with E-state index in [2.05, 4.69) is 13.8 Å². The van der Waals surface area contributed by atoms with Crippen LogP contribution in [0.4, 0.5) is 0 Å². The molecule has 0 spiro atoms. The van der Waals surface area contributed by atoms with Gasteiger partial charge in [0.15, 0.2) is 0 Å². The van der Waals surface area contributed by atoms with Crippen LogP contribution < -0.4 is 0 Å². The maximum atomic E-state index is 2.48. The molecule has 1 atom stereocenters. The lowest BCUT2D eigenvalue weighted by atomic mass is 9.67. The Balaban J connectivity index is 1.66. The van der Waals surface area contributed by atoms with Crippen LogP contribution in [0.2, 0.25) is 0 Å². The Labute approximate surface area is 76.7 Å². The molecule has 1 unspecified atom stereocenters. The molecule has 2 aliphatic rings. The van der Waals surface area contributed by atoms with E-state index in [1.165, 1.54) is 44.9 Å². The Morgan fingerprint density at radius 1 is 1.33 bits per heavy atom. The van der Waals surface area contributed by atoms with Crippen molar-refractivity contribution in [3.63, 3.8) is 0 Å². The molecule has 2 aliphatic carbocycles. The average molecular weight is 166 g/mol. The lowest BCUT2D eigenvalue weighted by Gasteiger charge is -2.39.